The van der Waals surface area contributed by atoms with Crippen molar-refractivity contribution >= 4 is 17.5 Å². The zero-order valence-corrected chi connectivity index (χ0v) is 11.7. The van der Waals surface area contributed by atoms with Gasteiger partial charge in [0.25, 0.3) is 0 Å². The van der Waals surface area contributed by atoms with Gasteiger partial charge in [0.2, 0.25) is 11.8 Å². The highest BCUT2D eigenvalue weighted by Crippen LogP contribution is 2.40. The van der Waals surface area contributed by atoms with Gasteiger partial charge >= 0.3 is 0 Å². The molecular formula is C16H19NO3. The van der Waals surface area contributed by atoms with E-state index in [4.69, 9.17) is 4.74 Å². The van der Waals surface area contributed by atoms with E-state index in [9.17, 15) is 9.59 Å². The third kappa shape index (κ3) is 2.09. The van der Waals surface area contributed by atoms with Crippen molar-refractivity contribution in [1.82, 2.24) is 0 Å². The molecule has 1 saturated carbocycles. The molecule has 1 saturated heterocycles. The molecule has 0 spiro atoms. The van der Waals surface area contributed by atoms with Crippen molar-refractivity contribution in [3.8, 4) is 5.75 Å². The van der Waals surface area contributed by atoms with Gasteiger partial charge in [-0.15, -0.1) is 0 Å². The van der Waals surface area contributed by atoms with E-state index in [1.54, 1.807) is 24.3 Å². The second kappa shape index (κ2) is 5.27. The third-order valence-corrected chi connectivity index (χ3v) is 4.25. The Morgan fingerprint density at radius 1 is 1.05 bits per heavy atom. The maximum absolute atomic E-state index is 12.4. The molecule has 2 unspecified atom stereocenters. The van der Waals surface area contributed by atoms with Crippen LogP contribution in [-0.2, 0) is 9.59 Å². The van der Waals surface area contributed by atoms with Gasteiger partial charge in [-0.05, 0) is 44.0 Å². The van der Waals surface area contributed by atoms with Crippen molar-refractivity contribution in [3.63, 3.8) is 0 Å². The summed E-state index contributed by atoms with van der Waals surface area (Å²) in [5.41, 5.74) is 0.665. The lowest BCUT2D eigenvalue weighted by atomic mass is 9.81. The molecule has 2 fully saturated rings. The first-order chi connectivity index (χ1) is 9.72. The Morgan fingerprint density at radius 3 is 2.10 bits per heavy atom. The fourth-order valence-electron chi connectivity index (χ4n) is 3.27. The lowest BCUT2D eigenvalue weighted by Crippen LogP contribution is -2.30. The summed E-state index contributed by atoms with van der Waals surface area (Å²) in [4.78, 5) is 26.2. The SMILES string of the molecule is CCOc1ccc(N2C(=O)C3CCCCC3C2=O)cc1. The summed E-state index contributed by atoms with van der Waals surface area (Å²) in [5.74, 6) is 0.520. The molecule has 20 heavy (non-hydrogen) atoms. The van der Waals surface area contributed by atoms with E-state index in [0.717, 1.165) is 31.4 Å². The summed E-state index contributed by atoms with van der Waals surface area (Å²) in [5, 5.41) is 0. The Morgan fingerprint density at radius 2 is 1.60 bits per heavy atom. The average Bonchev–Trinajstić information content (AvgIpc) is 2.73. The highest BCUT2D eigenvalue weighted by molar-refractivity contribution is 6.22. The number of carbonyl (C=O) groups excluding carboxylic acids is 2. The summed E-state index contributed by atoms with van der Waals surface area (Å²) in [6.45, 7) is 2.52. The van der Waals surface area contributed by atoms with Crippen molar-refractivity contribution in [1.29, 1.82) is 0 Å². The first-order valence-corrected chi connectivity index (χ1v) is 7.33. The highest BCUT2D eigenvalue weighted by atomic mass is 16.5. The normalized spacial score (nSPS) is 25.8. The van der Waals surface area contributed by atoms with Crippen molar-refractivity contribution in [3.05, 3.63) is 24.3 Å². The maximum Gasteiger partial charge on any atom is 0.237 e. The lowest BCUT2D eigenvalue weighted by molar-refractivity contribution is -0.122. The van der Waals surface area contributed by atoms with Gasteiger partial charge in [0, 0.05) is 0 Å². The Balaban J connectivity index is 1.85. The van der Waals surface area contributed by atoms with Crippen LogP contribution < -0.4 is 9.64 Å². The van der Waals surface area contributed by atoms with Gasteiger partial charge in [-0.3, -0.25) is 14.5 Å². The fraction of sp³-hybridized carbons (Fsp3) is 0.500. The number of benzene rings is 1. The van der Waals surface area contributed by atoms with E-state index in [1.807, 2.05) is 6.92 Å². The van der Waals surface area contributed by atoms with Crippen molar-refractivity contribution in [2.45, 2.75) is 32.6 Å². The highest BCUT2D eigenvalue weighted by Gasteiger charge is 2.48. The molecule has 4 heteroatoms. The molecule has 1 aromatic rings. The molecule has 0 radical (unpaired) electrons. The minimum atomic E-state index is -0.0946. The number of nitrogens with zero attached hydrogens (tertiary/aromatic N) is 1. The lowest BCUT2D eigenvalue weighted by Gasteiger charge is -2.19. The Bertz CT molecular complexity index is 499. The van der Waals surface area contributed by atoms with Crippen molar-refractivity contribution in [2.24, 2.45) is 11.8 Å². The van der Waals surface area contributed by atoms with Crippen LogP contribution in [0.5, 0.6) is 5.75 Å². The molecule has 0 N–H and O–H groups in total. The first-order valence-electron chi connectivity index (χ1n) is 7.33. The third-order valence-electron chi connectivity index (χ3n) is 4.25. The van der Waals surface area contributed by atoms with Gasteiger partial charge in [0.05, 0.1) is 24.1 Å². The molecule has 1 aliphatic heterocycles. The van der Waals surface area contributed by atoms with Crippen molar-refractivity contribution in [2.75, 3.05) is 11.5 Å². The Labute approximate surface area is 118 Å². The fourth-order valence-corrected chi connectivity index (χ4v) is 3.27. The predicted molar refractivity (Wildman–Crippen MR) is 75.6 cm³/mol. The monoisotopic (exact) mass is 273 g/mol. The van der Waals surface area contributed by atoms with Gasteiger partial charge in [-0.2, -0.15) is 0 Å². The number of hydrogen-bond donors (Lipinski definition) is 0. The van der Waals surface area contributed by atoms with Gasteiger partial charge in [0.15, 0.2) is 0 Å². The van der Waals surface area contributed by atoms with Crippen LogP contribution in [0, 0.1) is 11.8 Å². The van der Waals surface area contributed by atoms with Gasteiger partial charge in [-0.1, -0.05) is 12.8 Å². The van der Waals surface area contributed by atoms with Crippen LogP contribution in [0.2, 0.25) is 0 Å². The first kappa shape index (κ1) is 13.2. The van der Waals surface area contributed by atoms with Gasteiger partial charge in [0.1, 0.15) is 5.75 Å². The van der Waals surface area contributed by atoms with Crippen LogP contribution in [-0.4, -0.2) is 18.4 Å². The Hall–Kier alpha value is -1.84. The molecule has 1 aliphatic carbocycles. The van der Waals surface area contributed by atoms with Crippen LogP contribution in [0.25, 0.3) is 0 Å². The standard InChI is InChI=1S/C16H19NO3/c1-2-20-12-9-7-11(8-10-12)17-15(18)13-5-3-4-6-14(13)16(17)19/h7-10,13-14H,2-6H2,1H3. The zero-order chi connectivity index (χ0) is 14.1. The van der Waals surface area contributed by atoms with Crippen LogP contribution in [0.1, 0.15) is 32.6 Å². The smallest absolute Gasteiger partial charge is 0.237 e. The molecular weight excluding hydrogens is 254 g/mol. The number of amides is 2. The van der Waals surface area contributed by atoms with E-state index >= 15 is 0 Å². The van der Waals surface area contributed by atoms with Gasteiger partial charge < -0.3 is 4.74 Å². The number of imide groups is 1. The van der Waals surface area contributed by atoms with Crippen LogP contribution in [0.4, 0.5) is 5.69 Å². The Kier molecular flexibility index (Phi) is 3.47. The summed E-state index contributed by atoms with van der Waals surface area (Å²) in [7, 11) is 0. The number of carbonyl (C=O) groups is 2. The van der Waals surface area contributed by atoms with E-state index in [0.29, 0.717) is 12.3 Å². The predicted octanol–water partition coefficient (Wildman–Crippen LogP) is 2.76. The second-order valence-corrected chi connectivity index (χ2v) is 5.44. The molecule has 2 atom stereocenters. The van der Waals surface area contributed by atoms with Gasteiger partial charge in [-0.25, -0.2) is 0 Å². The summed E-state index contributed by atoms with van der Waals surface area (Å²) >= 11 is 0. The van der Waals surface area contributed by atoms with E-state index in [1.165, 1.54) is 4.90 Å². The summed E-state index contributed by atoms with van der Waals surface area (Å²) < 4.78 is 5.38. The number of hydrogen-bond acceptors (Lipinski definition) is 3. The minimum absolute atomic E-state index is 0.0242. The molecule has 2 aliphatic rings. The van der Waals surface area contributed by atoms with E-state index in [-0.39, 0.29) is 23.7 Å². The van der Waals surface area contributed by atoms with Crippen molar-refractivity contribution < 1.29 is 14.3 Å². The van der Waals surface area contributed by atoms with Crippen LogP contribution in [0.15, 0.2) is 24.3 Å². The zero-order valence-electron chi connectivity index (χ0n) is 11.7. The maximum atomic E-state index is 12.4. The average molecular weight is 273 g/mol. The topological polar surface area (TPSA) is 46.6 Å². The molecule has 106 valence electrons. The number of ether oxygens (including phenoxy) is 1. The second-order valence-electron chi connectivity index (χ2n) is 5.44. The molecule has 1 aromatic carbocycles. The van der Waals surface area contributed by atoms with E-state index < -0.39 is 0 Å². The number of fused-ring (bicyclic) bond motifs is 1. The van der Waals surface area contributed by atoms with E-state index in [2.05, 4.69) is 0 Å². The van der Waals surface area contributed by atoms with Crippen LogP contribution >= 0.6 is 0 Å². The molecule has 4 nitrogen and oxygen atoms in total. The molecule has 0 bridgehead atoms. The minimum Gasteiger partial charge on any atom is -0.494 e. The molecule has 0 aromatic heterocycles. The molecule has 2 amide bonds. The summed E-state index contributed by atoms with van der Waals surface area (Å²) in [6, 6.07) is 7.19. The quantitative estimate of drug-likeness (QED) is 0.796. The molecule has 3 rings (SSSR count). The van der Waals surface area contributed by atoms with Crippen LogP contribution in [0.3, 0.4) is 0 Å². The number of anilines is 1. The largest absolute Gasteiger partial charge is 0.494 e. The summed E-state index contributed by atoms with van der Waals surface area (Å²) in [6.07, 6.45) is 3.81. The molecule has 1 heterocycles. The number of rotatable bonds is 3.